The van der Waals surface area contributed by atoms with Crippen LogP contribution in [0.15, 0.2) is 23.0 Å². The molecule has 1 saturated heterocycles. The average molecular weight is 362 g/mol. The Labute approximate surface area is 148 Å². The van der Waals surface area contributed by atoms with Gasteiger partial charge in [0.15, 0.2) is 0 Å². The number of hydrogen-bond acceptors (Lipinski definition) is 5. The lowest BCUT2D eigenvalue weighted by Crippen LogP contribution is -2.45. The van der Waals surface area contributed by atoms with Gasteiger partial charge in [-0.1, -0.05) is 0 Å². The molecular formula is C16H19FN6OS. The summed E-state index contributed by atoms with van der Waals surface area (Å²) in [5.41, 5.74) is 0.320. The number of aromatic amines is 1. The molecule has 0 saturated carbocycles. The van der Waals surface area contributed by atoms with Crippen LogP contribution in [0.4, 0.5) is 4.39 Å². The van der Waals surface area contributed by atoms with Crippen LogP contribution < -0.4 is 5.56 Å². The lowest BCUT2D eigenvalue weighted by Gasteiger charge is -2.32. The van der Waals surface area contributed by atoms with E-state index in [4.69, 9.17) is 12.2 Å². The first kappa shape index (κ1) is 16.4. The summed E-state index contributed by atoms with van der Waals surface area (Å²) in [6.45, 7) is 5.19. The van der Waals surface area contributed by atoms with Crippen molar-refractivity contribution in [2.24, 2.45) is 0 Å². The summed E-state index contributed by atoms with van der Waals surface area (Å²) in [5, 5.41) is 7.26. The molecule has 25 heavy (non-hydrogen) atoms. The summed E-state index contributed by atoms with van der Waals surface area (Å²) in [6, 6.07) is 4.15. The van der Waals surface area contributed by atoms with Gasteiger partial charge >= 0.3 is 0 Å². The van der Waals surface area contributed by atoms with Crippen LogP contribution in [0.3, 0.4) is 0 Å². The molecule has 1 aromatic carbocycles. The van der Waals surface area contributed by atoms with E-state index in [0.29, 0.717) is 28.0 Å². The quantitative estimate of drug-likeness (QED) is 0.707. The molecule has 1 fully saturated rings. The van der Waals surface area contributed by atoms with E-state index in [1.807, 2.05) is 0 Å². The van der Waals surface area contributed by atoms with Crippen molar-refractivity contribution in [3.63, 3.8) is 0 Å². The maximum atomic E-state index is 13.7. The number of nitrogens with one attached hydrogen (secondary N) is 1. The molecule has 0 bridgehead atoms. The first-order chi connectivity index (χ1) is 12.0. The molecule has 1 aliphatic heterocycles. The lowest BCUT2D eigenvalue weighted by molar-refractivity contribution is 0.150. The van der Waals surface area contributed by atoms with Gasteiger partial charge in [-0.25, -0.2) is 9.49 Å². The number of aromatic nitrogens is 4. The predicted octanol–water partition coefficient (Wildman–Crippen LogP) is 1.09. The largest absolute Gasteiger partial charge is 0.304 e. The molecule has 3 heterocycles. The van der Waals surface area contributed by atoms with Gasteiger partial charge in [-0.3, -0.25) is 18.7 Å². The van der Waals surface area contributed by atoms with Crippen molar-refractivity contribution in [1.29, 1.82) is 0 Å². The number of likely N-dealkylation sites (N-methyl/N-ethyl adjacent to an activating group) is 1. The molecule has 0 unspecified atom stereocenters. The van der Waals surface area contributed by atoms with Gasteiger partial charge in [0, 0.05) is 39.3 Å². The van der Waals surface area contributed by atoms with Gasteiger partial charge in [0.2, 0.25) is 10.5 Å². The van der Waals surface area contributed by atoms with Crippen molar-refractivity contribution in [1.82, 2.24) is 29.0 Å². The van der Waals surface area contributed by atoms with Crippen LogP contribution in [0.25, 0.3) is 16.7 Å². The van der Waals surface area contributed by atoms with Crippen molar-refractivity contribution >= 4 is 28.9 Å². The Kier molecular flexibility index (Phi) is 4.14. The van der Waals surface area contributed by atoms with E-state index in [1.165, 1.54) is 12.1 Å². The van der Waals surface area contributed by atoms with Gasteiger partial charge in [-0.2, -0.15) is 0 Å². The lowest BCUT2D eigenvalue weighted by atomic mass is 10.2. The number of rotatable bonds is 3. The second-order valence-corrected chi connectivity index (χ2v) is 6.81. The highest BCUT2D eigenvalue weighted by atomic mass is 32.1. The summed E-state index contributed by atoms with van der Waals surface area (Å²) in [7, 11) is 2.11. The van der Waals surface area contributed by atoms with Crippen LogP contribution in [-0.4, -0.2) is 68.7 Å². The molecule has 2 aromatic heterocycles. The topological polar surface area (TPSA) is 61.6 Å². The molecule has 0 spiro atoms. The number of benzene rings is 1. The monoisotopic (exact) mass is 362 g/mol. The maximum absolute atomic E-state index is 13.7. The van der Waals surface area contributed by atoms with E-state index >= 15 is 0 Å². The third-order valence-electron chi connectivity index (χ3n) is 4.81. The molecule has 0 amide bonds. The smallest absolute Gasteiger partial charge is 0.262 e. The fourth-order valence-corrected chi connectivity index (χ4v) is 3.54. The summed E-state index contributed by atoms with van der Waals surface area (Å²) in [6.07, 6.45) is 0. The highest BCUT2D eigenvalue weighted by Gasteiger charge is 2.17. The fourth-order valence-electron chi connectivity index (χ4n) is 3.31. The molecule has 7 nitrogen and oxygen atoms in total. The van der Waals surface area contributed by atoms with E-state index in [0.717, 1.165) is 32.7 Å². The van der Waals surface area contributed by atoms with Gasteiger partial charge in [0.05, 0.1) is 10.9 Å². The SMILES string of the molecule is CN1CCN(CCn2c(=O)c3cc(F)ccc3n3c(=S)[nH]nc23)CC1. The summed E-state index contributed by atoms with van der Waals surface area (Å²) < 4.78 is 17.3. The number of halogens is 1. The molecule has 132 valence electrons. The van der Waals surface area contributed by atoms with Crippen molar-refractivity contribution in [3.05, 3.63) is 39.1 Å². The van der Waals surface area contributed by atoms with E-state index in [2.05, 4.69) is 27.0 Å². The summed E-state index contributed by atoms with van der Waals surface area (Å²) >= 11 is 5.29. The summed E-state index contributed by atoms with van der Waals surface area (Å²) in [5.74, 6) is 0.0211. The van der Waals surface area contributed by atoms with Crippen molar-refractivity contribution in [2.45, 2.75) is 6.54 Å². The standard InChI is InChI=1S/C16H19FN6OS/c1-20-4-6-21(7-5-20)8-9-22-14(24)12-10-11(17)2-3-13(12)23-15(22)18-19-16(23)25/h2-3,10H,4-9H2,1H3,(H,19,25). The van der Waals surface area contributed by atoms with Crippen molar-refractivity contribution in [3.8, 4) is 0 Å². The van der Waals surface area contributed by atoms with Gasteiger partial charge in [-0.15, -0.1) is 5.10 Å². The van der Waals surface area contributed by atoms with Crippen LogP contribution in [-0.2, 0) is 6.54 Å². The van der Waals surface area contributed by atoms with Crippen molar-refractivity contribution < 1.29 is 4.39 Å². The van der Waals surface area contributed by atoms with Crippen molar-refractivity contribution in [2.75, 3.05) is 39.8 Å². The third-order valence-corrected chi connectivity index (χ3v) is 5.08. The minimum atomic E-state index is -0.440. The Morgan fingerprint density at radius 1 is 1.24 bits per heavy atom. The second-order valence-electron chi connectivity index (χ2n) is 6.43. The van der Waals surface area contributed by atoms with E-state index in [9.17, 15) is 9.18 Å². The van der Waals surface area contributed by atoms with E-state index in [-0.39, 0.29) is 5.56 Å². The van der Waals surface area contributed by atoms with Crippen LogP contribution in [0.2, 0.25) is 0 Å². The fraction of sp³-hybridized carbons (Fsp3) is 0.438. The number of piperazine rings is 1. The number of fused-ring (bicyclic) bond motifs is 3. The van der Waals surface area contributed by atoms with E-state index < -0.39 is 5.82 Å². The highest BCUT2D eigenvalue weighted by molar-refractivity contribution is 7.71. The zero-order valence-electron chi connectivity index (χ0n) is 13.9. The minimum Gasteiger partial charge on any atom is -0.304 e. The first-order valence-electron chi connectivity index (χ1n) is 8.25. The van der Waals surface area contributed by atoms with Gasteiger partial charge in [0.25, 0.3) is 5.56 Å². The van der Waals surface area contributed by atoms with Crippen LogP contribution in [0.1, 0.15) is 0 Å². The van der Waals surface area contributed by atoms with Gasteiger partial charge < -0.3 is 4.90 Å². The highest BCUT2D eigenvalue weighted by Crippen LogP contribution is 2.15. The zero-order chi connectivity index (χ0) is 17.6. The molecule has 4 rings (SSSR count). The molecule has 1 N–H and O–H groups in total. The molecule has 0 radical (unpaired) electrons. The van der Waals surface area contributed by atoms with Crippen LogP contribution >= 0.6 is 12.2 Å². The Hall–Kier alpha value is -2.10. The normalized spacial score (nSPS) is 16.9. The predicted molar refractivity (Wildman–Crippen MR) is 96.0 cm³/mol. The molecular weight excluding hydrogens is 343 g/mol. The second kappa shape index (κ2) is 6.32. The summed E-state index contributed by atoms with van der Waals surface area (Å²) in [4.78, 5) is 17.5. The molecule has 1 aliphatic rings. The first-order valence-corrected chi connectivity index (χ1v) is 8.65. The minimum absolute atomic E-state index is 0.245. The number of H-pyrrole nitrogens is 1. The molecule has 9 heteroatoms. The van der Waals surface area contributed by atoms with E-state index in [1.54, 1.807) is 15.0 Å². The zero-order valence-corrected chi connectivity index (χ0v) is 14.7. The Morgan fingerprint density at radius 2 is 2.00 bits per heavy atom. The Bertz CT molecular complexity index is 1050. The van der Waals surface area contributed by atoms with Crippen LogP contribution in [0, 0.1) is 10.6 Å². The Balaban J connectivity index is 1.78. The third kappa shape index (κ3) is 2.88. The molecule has 3 aromatic rings. The number of nitrogens with zero attached hydrogens (tertiary/aromatic N) is 5. The molecule has 0 atom stereocenters. The van der Waals surface area contributed by atoms with Crippen LogP contribution in [0.5, 0.6) is 0 Å². The Morgan fingerprint density at radius 3 is 2.76 bits per heavy atom. The molecule has 0 aliphatic carbocycles. The van der Waals surface area contributed by atoms with Gasteiger partial charge in [0.1, 0.15) is 5.82 Å². The number of hydrogen-bond donors (Lipinski definition) is 1. The average Bonchev–Trinajstić information content (AvgIpc) is 2.98. The maximum Gasteiger partial charge on any atom is 0.262 e. The van der Waals surface area contributed by atoms with Gasteiger partial charge in [-0.05, 0) is 37.5 Å².